The maximum absolute atomic E-state index is 5.47. The van der Waals surface area contributed by atoms with E-state index in [0.717, 1.165) is 11.2 Å². The molecule has 2 aromatic rings. The van der Waals surface area contributed by atoms with Crippen LogP contribution in [-0.2, 0) is 0 Å². The molecule has 0 aliphatic heterocycles. The van der Waals surface area contributed by atoms with Gasteiger partial charge in [-0.25, -0.2) is 0 Å². The van der Waals surface area contributed by atoms with Gasteiger partial charge >= 0.3 is 7.48 Å². The molecule has 0 bridgehead atoms. The lowest BCUT2D eigenvalue weighted by atomic mass is 9.88. The van der Waals surface area contributed by atoms with Crippen LogP contribution in [0.3, 0.4) is 0 Å². The number of hydrogen-bond acceptors (Lipinski definition) is 1. The van der Waals surface area contributed by atoms with E-state index in [1.54, 1.807) is 7.48 Å². The molecule has 83 valence electrons. The van der Waals surface area contributed by atoms with Crippen LogP contribution in [0, 0.1) is 0 Å². The molecule has 0 unspecified atom stereocenters. The minimum Gasteiger partial charge on any atom is -0.558 e. The first-order valence-corrected chi connectivity index (χ1v) is 4.55. The highest BCUT2D eigenvalue weighted by Gasteiger charge is 1.97. The molecule has 3 nitrogen and oxygen atoms in total. The molecule has 0 atom stereocenters. The third kappa shape index (κ3) is 4.17. The van der Waals surface area contributed by atoms with Crippen LogP contribution in [-0.4, -0.2) is 18.4 Å². The van der Waals surface area contributed by atoms with Crippen LogP contribution in [0.1, 0.15) is 0 Å². The van der Waals surface area contributed by atoms with Crippen molar-refractivity contribution in [2.75, 3.05) is 0 Å². The van der Waals surface area contributed by atoms with Crippen LogP contribution in [0.4, 0.5) is 0 Å². The summed E-state index contributed by atoms with van der Waals surface area (Å²) in [6.45, 7) is 0. The molecule has 2 rings (SSSR count). The summed E-state index contributed by atoms with van der Waals surface area (Å²) in [7, 11) is 1.75. The van der Waals surface area contributed by atoms with Crippen molar-refractivity contribution in [1.29, 1.82) is 0 Å². The van der Waals surface area contributed by atoms with E-state index in [4.69, 9.17) is 4.65 Å². The number of para-hydroxylation sites is 1. The van der Waals surface area contributed by atoms with Gasteiger partial charge in [-0.2, -0.15) is 0 Å². The number of rotatable bonds is 3. The van der Waals surface area contributed by atoms with Gasteiger partial charge in [0.05, 0.1) is 5.75 Å². The summed E-state index contributed by atoms with van der Waals surface area (Å²) in [4.78, 5) is 0. The highest BCUT2D eigenvalue weighted by molar-refractivity contribution is 6.47. The fourth-order valence-corrected chi connectivity index (χ4v) is 1.17. The summed E-state index contributed by atoms with van der Waals surface area (Å²) < 4.78 is 5.47. The molecule has 0 saturated heterocycles. The van der Waals surface area contributed by atoms with Crippen molar-refractivity contribution in [3.8, 4) is 5.75 Å². The fourth-order valence-electron chi connectivity index (χ4n) is 1.17. The molecule has 2 aromatic carbocycles. The van der Waals surface area contributed by atoms with Gasteiger partial charge in [0, 0.05) is 0 Å². The third-order valence-corrected chi connectivity index (χ3v) is 1.87. The molecule has 0 fully saturated rings. The van der Waals surface area contributed by atoms with E-state index in [1.807, 2.05) is 60.7 Å². The third-order valence-electron chi connectivity index (χ3n) is 1.87. The van der Waals surface area contributed by atoms with Gasteiger partial charge in [0.15, 0.2) is 0 Å². The zero-order valence-corrected chi connectivity index (χ0v) is 8.76. The molecule has 1 radical (unpaired) electrons. The van der Waals surface area contributed by atoms with Crippen LogP contribution in [0.25, 0.3) is 0 Å². The summed E-state index contributed by atoms with van der Waals surface area (Å²) in [5.41, 5.74) is 1.07. The highest BCUT2D eigenvalue weighted by atomic mass is 16.4. The van der Waals surface area contributed by atoms with E-state index in [2.05, 4.69) is 0 Å². The van der Waals surface area contributed by atoms with E-state index < -0.39 is 0 Å². The minimum absolute atomic E-state index is 0. The molecular formula is C12H14BO3. The van der Waals surface area contributed by atoms with Gasteiger partial charge in [0.2, 0.25) is 0 Å². The lowest BCUT2D eigenvalue weighted by Gasteiger charge is -2.03. The van der Waals surface area contributed by atoms with Crippen molar-refractivity contribution in [3.05, 3.63) is 60.7 Å². The maximum Gasteiger partial charge on any atom is 0.408 e. The predicted molar refractivity (Wildman–Crippen MR) is 66.1 cm³/mol. The van der Waals surface area contributed by atoms with E-state index >= 15 is 0 Å². The van der Waals surface area contributed by atoms with Crippen LogP contribution in [0.2, 0.25) is 0 Å². The van der Waals surface area contributed by atoms with Crippen LogP contribution >= 0.6 is 0 Å². The second-order valence-corrected chi connectivity index (χ2v) is 2.96. The normalized spacial score (nSPS) is 8.25. The second-order valence-electron chi connectivity index (χ2n) is 2.96. The Morgan fingerprint density at radius 1 is 0.688 bits per heavy atom. The first-order valence-electron chi connectivity index (χ1n) is 4.55. The molecule has 0 saturated carbocycles. The van der Waals surface area contributed by atoms with Gasteiger partial charge in [-0.1, -0.05) is 48.5 Å². The minimum atomic E-state index is 0. The topological polar surface area (TPSA) is 72.2 Å². The van der Waals surface area contributed by atoms with Crippen LogP contribution < -0.4 is 10.1 Å². The zero-order chi connectivity index (χ0) is 9.64. The molecule has 4 heteroatoms. The predicted octanol–water partition coefficient (Wildman–Crippen LogP) is 0.361. The van der Waals surface area contributed by atoms with Gasteiger partial charge in [-0.3, -0.25) is 0 Å². The van der Waals surface area contributed by atoms with Gasteiger partial charge in [0.25, 0.3) is 0 Å². The van der Waals surface area contributed by atoms with E-state index in [0.29, 0.717) is 0 Å². The summed E-state index contributed by atoms with van der Waals surface area (Å²) >= 11 is 0. The second kappa shape index (κ2) is 7.51. The Labute approximate surface area is 95.6 Å². The molecule has 0 aliphatic rings. The Balaban J connectivity index is 0.00000112. The summed E-state index contributed by atoms with van der Waals surface area (Å²) in [5.74, 6) is 0.858. The lowest BCUT2D eigenvalue weighted by molar-refractivity contribution is 0.605. The average molecular weight is 217 g/mol. The Morgan fingerprint density at radius 3 is 1.75 bits per heavy atom. The molecular weight excluding hydrogens is 203 g/mol. The Bertz CT molecular complexity index is 338. The van der Waals surface area contributed by atoms with Crippen molar-refractivity contribution in [2.24, 2.45) is 0 Å². The first kappa shape index (κ1) is 14.2. The molecule has 0 heterocycles. The van der Waals surface area contributed by atoms with Crippen molar-refractivity contribution in [2.45, 2.75) is 0 Å². The van der Waals surface area contributed by atoms with E-state index in [1.165, 1.54) is 0 Å². The summed E-state index contributed by atoms with van der Waals surface area (Å²) in [6.07, 6.45) is 0. The molecule has 4 N–H and O–H groups in total. The SMILES string of the molecule is O.O.[B](Oc1ccccc1)c1ccccc1. The van der Waals surface area contributed by atoms with Crippen molar-refractivity contribution < 1.29 is 15.6 Å². The monoisotopic (exact) mass is 217 g/mol. The first-order chi connectivity index (χ1) is 6.95. The summed E-state index contributed by atoms with van der Waals surface area (Å²) in [5, 5.41) is 0. The van der Waals surface area contributed by atoms with Crippen LogP contribution in [0.15, 0.2) is 60.7 Å². The van der Waals surface area contributed by atoms with Crippen LogP contribution in [0.5, 0.6) is 5.75 Å². The van der Waals surface area contributed by atoms with Crippen molar-refractivity contribution >= 4 is 12.9 Å². The maximum atomic E-state index is 5.47. The Kier molecular flexibility index (Phi) is 6.67. The smallest absolute Gasteiger partial charge is 0.408 e. The van der Waals surface area contributed by atoms with Crippen molar-refractivity contribution in [3.63, 3.8) is 0 Å². The van der Waals surface area contributed by atoms with E-state index in [9.17, 15) is 0 Å². The molecule has 0 aliphatic carbocycles. The molecule has 0 aromatic heterocycles. The quantitative estimate of drug-likeness (QED) is 0.684. The molecule has 16 heavy (non-hydrogen) atoms. The summed E-state index contributed by atoms with van der Waals surface area (Å²) in [6, 6.07) is 19.7. The number of hydrogen-bond donors (Lipinski definition) is 0. The lowest BCUT2D eigenvalue weighted by Crippen LogP contribution is -2.19. The fraction of sp³-hybridized carbons (Fsp3) is 0. The van der Waals surface area contributed by atoms with Gasteiger partial charge in [-0.05, 0) is 17.6 Å². The van der Waals surface area contributed by atoms with Gasteiger partial charge in [0.1, 0.15) is 0 Å². The number of benzene rings is 2. The van der Waals surface area contributed by atoms with Gasteiger partial charge < -0.3 is 15.6 Å². The standard InChI is InChI=1S/C12H10BO.2H2O/c1-3-7-11(8-4-1)13-14-12-9-5-2-6-10-12;;/h1-10H;2*1H2. The Hall–Kier alpha value is -1.78. The van der Waals surface area contributed by atoms with Crippen molar-refractivity contribution in [1.82, 2.24) is 0 Å². The average Bonchev–Trinajstić information content (AvgIpc) is 2.29. The zero-order valence-electron chi connectivity index (χ0n) is 8.76. The van der Waals surface area contributed by atoms with E-state index in [-0.39, 0.29) is 11.0 Å². The largest absolute Gasteiger partial charge is 0.558 e. The molecule has 0 spiro atoms. The Morgan fingerprint density at radius 2 is 1.19 bits per heavy atom. The highest BCUT2D eigenvalue weighted by Crippen LogP contribution is 2.06. The van der Waals surface area contributed by atoms with Gasteiger partial charge in [-0.15, -0.1) is 0 Å². The molecule has 0 amide bonds.